The van der Waals surface area contributed by atoms with Crippen molar-refractivity contribution >= 4 is 11.6 Å². The van der Waals surface area contributed by atoms with Gasteiger partial charge in [0.05, 0.1) is 5.41 Å². The van der Waals surface area contributed by atoms with Crippen molar-refractivity contribution in [2.45, 2.75) is 57.8 Å². The van der Waals surface area contributed by atoms with E-state index in [1.165, 1.54) is 61.2 Å². The zero-order valence-corrected chi connectivity index (χ0v) is 24.9. The van der Waals surface area contributed by atoms with Crippen LogP contribution in [-0.4, -0.2) is 0 Å². The molecule has 2 aliphatic carbocycles. The van der Waals surface area contributed by atoms with E-state index in [1.54, 1.807) is 0 Å². The lowest BCUT2D eigenvalue weighted by Crippen LogP contribution is -2.30. The summed E-state index contributed by atoms with van der Waals surface area (Å²) >= 11 is 6.47. The molecular formula is C39H35Cl. The topological polar surface area (TPSA) is 0 Å². The van der Waals surface area contributed by atoms with E-state index in [0.717, 1.165) is 10.6 Å². The molecule has 0 fully saturated rings. The number of hydrogen-bond acceptors (Lipinski definition) is 0. The van der Waals surface area contributed by atoms with Gasteiger partial charge in [-0.1, -0.05) is 138 Å². The van der Waals surface area contributed by atoms with Gasteiger partial charge in [-0.3, -0.25) is 0 Å². The maximum Gasteiger partial charge on any atom is 0.0728 e. The van der Waals surface area contributed by atoms with Crippen molar-refractivity contribution in [3.8, 4) is 33.4 Å². The number of halogens is 1. The van der Waals surface area contributed by atoms with Crippen LogP contribution in [0.15, 0.2) is 103 Å². The van der Waals surface area contributed by atoms with Crippen molar-refractivity contribution in [2.75, 3.05) is 0 Å². The first-order valence-corrected chi connectivity index (χ1v) is 14.7. The minimum absolute atomic E-state index is 0.0389. The minimum Gasteiger partial charge on any atom is -0.0843 e. The summed E-state index contributed by atoms with van der Waals surface area (Å²) in [6.45, 7) is 14.1. The van der Waals surface area contributed by atoms with Gasteiger partial charge in [0, 0.05) is 5.02 Å². The van der Waals surface area contributed by atoms with Crippen molar-refractivity contribution < 1.29 is 0 Å². The van der Waals surface area contributed by atoms with Crippen molar-refractivity contribution in [1.29, 1.82) is 0 Å². The van der Waals surface area contributed by atoms with Crippen LogP contribution in [0.1, 0.15) is 74.9 Å². The molecule has 0 bridgehead atoms. The molecule has 1 heteroatoms. The summed E-state index contributed by atoms with van der Waals surface area (Å²) in [5.74, 6) is 0. The summed E-state index contributed by atoms with van der Waals surface area (Å²) in [5.41, 5.74) is 15.7. The number of hydrogen-bond donors (Lipinski definition) is 0. The molecule has 0 aromatic heterocycles. The molecule has 2 aliphatic rings. The molecule has 5 aromatic rings. The van der Waals surface area contributed by atoms with Gasteiger partial charge in [-0.2, -0.15) is 0 Å². The summed E-state index contributed by atoms with van der Waals surface area (Å²) in [6.07, 6.45) is 0. The predicted octanol–water partition coefficient (Wildman–Crippen LogP) is 10.9. The molecule has 0 atom stereocenters. The first-order chi connectivity index (χ1) is 19.0. The fraction of sp³-hybridized carbons (Fsp3) is 0.231. The molecular weight excluding hydrogens is 504 g/mol. The molecule has 0 N–H and O–H groups in total. The Morgan fingerprint density at radius 2 is 1.10 bits per heavy atom. The highest BCUT2D eigenvalue weighted by molar-refractivity contribution is 6.30. The summed E-state index contributed by atoms with van der Waals surface area (Å²) in [6, 6.07) is 38.5. The van der Waals surface area contributed by atoms with Gasteiger partial charge in [0.25, 0.3) is 0 Å². The Morgan fingerprint density at radius 3 is 1.70 bits per heavy atom. The fourth-order valence-corrected chi connectivity index (χ4v) is 7.34. The van der Waals surface area contributed by atoms with Crippen molar-refractivity contribution in [2.24, 2.45) is 0 Å². The summed E-state index contributed by atoms with van der Waals surface area (Å²) in [5, 5.41) is 0.761. The third-order valence-corrected chi connectivity index (χ3v) is 9.25. The van der Waals surface area contributed by atoms with Crippen LogP contribution in [0.4, 0.5) is 0 Å². The highest BCUT2D eigenvalue weighted by atomic mass is 35.5. The zero-order chi connectivity index (χ0) is 28.0. The Labute approximate surface area is 243 Å². The summed E-state index contributed by atoms with van der Waals surface area (Å²) < 4.78 is 0. The van der Waals surface area contributed by atoms with Crippen LogP contribution in [0.3, 0.4) is 0 Å². The smallest absolute Gasteiger partial charge is 0.0728 e. The number of fused-ring (bicyclic) bond motifs is 10. The van der Waals surface area contributed by atoms with Gasteiger partial charge < -0.3 is 0 Å². The second-order valence-corrected chi connectivity index (χ2v) is 14.0. The van der Waals surface area contributed by atoms with E-state index in [-0.39, 0.29) is 16.2 Å². The molecule has 1 spiro atoms. The Balaban J connectivity index is 1.68. The maximum absolute atomic E-state index is 6.47. The van der Waals surface area contributed by atoms with Gasteiger partial charge in [-0.25, -0.2) is 0 Å². The van der Waals surface area contributed by atoms with Gasteiger partial charge in [-0.05, 0) is 95.8 Å². The predicted molar refractivity (Wildman–Crippen MR) is 171 cm³/mol. The SMILES string of the molecule is CC(C)(C)c1cc2c(c(C(C)(C)C)c1)C1(c3ccccc3-c3ccccc31)c1cc(-c3cccc(Cl)c3)ccc1-2. The van der Waals surface area contributed by atoms with Crippen LogP contribution >= 0.6 is 11.6 Å². The van der Waals surface area contributed by atoms with Crippen LogP contribution in [0.25, 0.3) is 33.4 Å². The van der Waals surface area contributed by atoms with Crippen molar-refractivity contribution in [1.82, 2.24) is 0 Å². The highest BCUT2D eigenvalue weighted by Gasteiger charge is 2.53. The van der Waals surface area contributed by atoms with Gasteiger partial charge in [0.2, 0.25) is 0 Å². The Kier molecular flexibility index (Phi) is 5.36. The number of benzene rings is 5. The monoisotopic (exact) mass is 538 g/mol. The van der Waals surface area contributed by atoms with Gasteiger partial charge in [0.15, 0.2) is 0 Å². The minimum atomic E-state index is -0.383. The standard InChI is InChI=1S/C39H35Cl/c1-37(2,3)26-22-31-30-19-18-25(24-12-11-13-27(40)20-24)21-34(30)39(36(31)35(23-26)38(4,5)6)32-16-9-7-14-28(32)29-15-8-10-17-33(29)39/h7-23H,1-6H3. The third-order valence-electron chi connectivity index (χ3n) is 9.01. The summed E-state index contributed by atoms with van der Waals surface area (Å²) in [4.78, 5) is 0. The normalized spacial score (nSPS) is 14.6. The first-order valence-electron chi connectivity index (χ1n) is 14.3. The quantitative estimate of drug-likeness (QED) is 0.195. The van der Waals surface area contributed by atoms with E-state index < -0.39 is 0 Å². The molecule has 0 radical (unpaired) electrons. The van der Waals surface area contributed by atoms with E-state index in [2.05, 4.69) is 133 Å². The Bertz CT molecular complexity index is 1780. The zero-order valence-electron chi connectivity index (χ0n) is 24.2. The average molecular weight is 539 g/mol. The van der Waals surface area contributed by atoms with Crippen LogP contribution in [-0.2, 0) is 16.2 Å². The molecule has 0 aliphatic heterocycles. The molecule has 0 amide bonds. The van der Waals surface area contributed by atoms with Gasteiger partial charge in [-0.15, -0.1) is 0 Å². The Morgan fingerprint density at radius 1 is 0.500 bits per heavy atom. The lowest BCUT2D eigenvalue weighted by molar-refractivity contribution is 0.558. The lowest BCUT2D eigenvalue weighted by Gasteiger charge is -2.36. The van der Waals surface area contributed by atoms with Crippen LogP contribution < -0.4 is 0 Å². The highest BCUT2D eigenvalue weighted by Crippen LogP contribution is 2.65. The molecule has 0 unspecified atom stereocenters. The lowest BCUT2D eigenvalue weighted by atomic mass is 9.65. The molecule has 0 nitrogen and oxygen atoms in total. The van der Waals surface area contributed by atoms with Crippen LogP contribution in [0.2, 0.25) is 5.02 Å². The maximum atomic E-state index is 6.47. The van der Waals surface area contributed by atoms with Crippen molar-refractivity contribution in [3.05, 3.63) is 142 Å². The van der Waals surface area contributed by atoms with Crippen LogP contribution in [0.5, 0.6) is 0 Å². The van der Waals surface area contributed by atoms with Crippen LogP contribution in [0, 0.1) is 0 Å². The molecule has 0 saturated carbocycles. The largest absolute Gasteiger partial charge is 0.0843 e. The molecule has 40 heavy (non-hydrogen) atoms. The first kappa shape index (κ1) is 25.4. The van der Waals surface area contributed by atoms with Gasteiger partial charge in [0.1, 0.15) is 0 Å². The molecule has 7 rings (SSSR count). The van der Waals surface area contributed by atoms with E-state index in [0.29, 0.717) is 0 Å². The molecule has 0 heterocycles. The Hall–Kier alpha value is -3.61. The molecule has 0 saturated heterocycles. The van der Waals surface area contributed by atoms with Crippen molar-refractivity contribution in [3.63, 3.8) is 0 Å². The van der Waals surface area contributed by atoms with E-state index in [1.807, 2.05) is 12.1 Å². The fourth-order valence-electron chi connectivity index (χ4n) is 7.15. The summed E-state index contributed by atoms with van der Waals surface area (Å²) in [7, 11) is 0. The molecule has 198 valence electrons. The third kappa shape index (κ3) is 3.45. The second kappa shape index (κ2) is 8.45. The van der Waals surface area contributed by atoms with Gasteiger partial charge >= 0.3 is 0 Å². The average Bonchev–Trinajstić information content (AvgIpc) is 3.38. The molecule has 5 aromatic carbocycles. The second-order valence-electron chi connectivity index (χ2n) is 13.6. The van der Waals surface area contributed by atoms with E-state index in [4.69, 9.17) is 11.6 Å². The number of rotatable bonds is 1. The van der Waals surface area contributed by atoms with E-state index >= 15 is 0 Å². The van der Waals surface area contributed by atoms with E-state index in [9.17, 15) is 0 Å².